The number of ether oxygens (including phenoxy) is 2. The maximum atomic E-state index is 11.9. The predicted molar refractivity (Wildman–Crippen MR) is 73.5 cm³/mol. The van der Waals surface area contributed by atoms with Crippen molar-refractivity contribution in [2.45, 2.75) is 32.0 Å². The molecular formula is C14H18ClNO3. The number of nitrogens with one attached hydrogen (secondary N) is 1. The first-order valence-corrected chi connectivity index (χ1v) is 6.84. The van der Waals surface area contributed by atoms with E-state index in [0.717, 1.165) is 19.4 Å². The predicted octanol–water partition coefficient (Wildman–Crippen LogP) is 2.40. The highest BCUT2D eigenvalue weighted by Crippen LogP contribution is 2.18. The second-order valence-corrected chi connectivity index (χ2v) is 5.03. The molecule has 2 atom stereocenters. The lowest BCUT2D eigenvalue weighted by atomic mass is 10.2. The van der Waals surface area contributed by atoms with Gasteiger partial charge in [0.05, 0.1) is 6.10 Å². The van der Waals surface area contributed by atoms with Crippen LogP contribution in [0.1, 0.15) is 19.8 Å². The molecule has 1 aromatic rings. The monoisotopic (exact) mass is 283 g/mol. The van der Waals surface area contributed by atoms with Crippen LogP contribution in [0.2, 0.25) is 5.02 Å². The summed E-state index contributed by atoms with van der Waals surface area (Å²) < 4.78 is 11.0. The molecule has 0 unspecified atom stereocenters. The summed E-state index contributed by atoms with van der Waals surface area (Å²) in [5.74, 6) is 0.447. The summed E-state index contributed by atoms with van der Waals surface area (Å²) in [6.45, 7) is 3.04. The Morgan fingerprint density at radius 3 is 3.16 bits per heavy atom. The van der Waals surface area contributed by atoms with E-state index in [1.807, 2.05) is 0 Å². The molecule has 1 aliphatic heterocycles. The SMILES string of the molecule is C[C@H](Oc1cccc(Cl)c1)C(=O)NC[C@@H]1CCCO1. The third kappa shape index (κ3) is 4.40. The van der Waals surface area contributed by atoms with Crippen LogP contribution in [0.3, 0.4) is 0 Å². The Balaban J connectivity index is 1.78. The van der Waals surface area contributed by atoms with E-state index in [4.69, 9.17) is 21.1 Å². The molecule has 19 heavy (non-hydrogen) atoms. The van der Waals surface area contributed by atoms with E-state index in [2.05, 4.69) is 5.32 Å². The third-order valence-corrected chi connectivity index (χ3v) is 3.24. The Kier molecular flexibility index (Phi) is 5.05. The van der Waals surface area contributed by atoms with Gasteiger partial charge in [-0.25, -0.2) is 0 Å². The quantitative estimate of drug-likeness (QED) is 0.903. The molecular weight excluding hydrogens is 266 g/mol. The molecule has 0 aliphatic carbocycles. The highest BCUT2D eigenvalue weighted by molar-refractivity contribution is 6.30. The van der Waals surface area contributed by atoms with Crippen LogP contribution >= 0.6 is 11.6 Å². The van der Waals surface area contributed by atoms with E-state index in [-0.39, 0.29) is 12.0 Å². The summed E-state index contributed by atoms with van der Waals surface area (Å²) in [6, 6.07) is 7.01. The lowest BCUT2D eigenvalue weighted by Crippen LogP contribution is -2.40. The minimum Gasteiger partial charge on any atom is -0.481 e. The lowest BCUT2D eigenvalue weighted by Gasteiger charge is -2.16. The molecule has 104 valence electrons. The van der Waals surface area contributed by atoms with E-state index in [1.165, 1.54) is 0 Å². The Morgan fingerprint density at radius 2 is 2.47 bits per heavy atom. The second-order valence-electron chi connectivity index (χ2n) is 4.60. The van der Waals surface area contributed by atoms with Gasteiger partial charge in [-0.05, 0) is 38.0 Å². The summed E-state index contributed by atoms with van der Waals surface area (Å²) in [4.78, 5) is 11.9. The van der Waals surface area contributed by atoms with Gasteiger partial charge in [-0.3, -0.25) is 4.79 Å². The number of hydrogen-bond acceptors (Lipinski definition) is 3. The van der Waals surface area contributed by atoms with Crippen molar-refractivity contribution in [1.82, 2.24) is 5.32 Å². The van der Waals surface area contributed by atoms with Gasteiger partial charge in [0.15, 0.2) is 6.10 Å². The zero-order chi connectivity index (χ0) is 13.7. The number of halogens is 1. The third-order valence-electron chi connectivity index (χ3n) is 3.01. The molecule has 1 heterocycles. The molecule has 0 radical (unpaired) electrons. The van der Waals surface area contributed by atoms with Gasteiger partial charge in [0, 0.05) is 18.2 Å². The first-order chi connectivity index (χ1) is 9.15. The zero-order valence-corrected chi connectivity index (χ0v) is 11.7. The fourth-order valence-corrected chi connectivity index (χ4v) is 2.14. The molecule has 1 saturated heterocycles. The van der Waals surface area contributed by atoms with Crippen LogP contribution in [0.25, 0.3) is 0 Å². The molecule has 1 N–H and O–H groups in total. The normalized spacial score (nSPS) is 20.0. The van der Waals surface area contributed by atoms with Crippen LogP contribution in [-0.4, -0.2) is 31.3 Å². The maximum absolute atomic E-state index is 11.9. The van der Waals surface area contributed by atoms with Gasteiger partial charge in [-0.15, -0.1) is 0 Å². The molecule has 0 aromatic heterocycles. The van der Waals surface area contributed by atoms with Crippen molar-refractivity contribution in [3.05, 3.63) is 29.3 Å². The lowest BCUT2D eigenvalue weighted by molar-refractivity contribution is -0.127. The summed E-state index contributed by atoms with van der Waals surface area (Å²) >= 11 is 5.86. The molecule has 0 spiro atoms. The molecule has 5 heteroatoms. The Bertz CT molecular complexity index is 432. The summed E-state index contributed by atoms with van der Waals surface area (Å²) in [5, 5.41) is 3.42. The van der Waals surface area contributed by atoms with Crippen LogP contribution in [0, 0.1) is 0 Å². The van der Waals surface area contributed by atoms with Crippen molar-refractivity contribution < 1.29 is 14.3 Å². The standard InChI is InChI=1S/C14H18ClNO3/c1-10(19-12-5-2-4-11(15)8-12)14(17)16-9-13-6-3-7-18-13/h2,4-5,8,10,13H,3,6-7,9H2,1H3,(H,16,17)/t10-,13-/m0/s1. The Morgan fingerprint density at radius 1 is 1.63 bits per heavy atom. The minimum atomic E-state index is -0.556. The van der Waals surface area contributed by atoms with Gasteiger partial charge < -0.3 is 14.8 Å². The molecule has 0 bridgehead atoms. The molecule has 2 rings (SSSR count). The van der Waals surface area contributed by atoms with Gasteiger partial charge in [-0.2, -0.15) is 0 Å². The fraction of sp³-hybridized carbons (Fsp3) is 0.500. The van der Waals surface area contributed by atoms with Crippen molar-refractivity contribution in [2.24, 2.45) is 0 Å². The number of benzene rings is 1. The van der Waals surface area contributed by atoms with E-state index >= 15 is 0 Å². The minimum absolute atomic E-state index is 0.141. The van der Waals surface area contributed by atoms with E-state index in [1.54, 1.807) is 31.2 Å². The van der Waals surface area contributed by atoms with Crippen LogP contribution in [0.4, 0.5) is 0 Å². The van der Waals surface area contributed by atoms with Crippen molar-refractivity contribution in [2.75, 3.05) is 13.2 Å². The van der Waals surface area contributed by atoms with Gasteiger partial charge in [-0.1, -0.05) is 17.7 Å². The summed E-state index contributed by atoms with van der Waals surface area (Å²) in [6.07, 6.45) is 1.65. The average molecular weight is 284 g/mol. The fourth-order valence-electron chi connectivity index (χ4n) is 1.96. The molecule has 1 fully saturated rings. The van der Waals surface area contributed by atoms with E-state index < -0.39 is 6.10 Å². The van der Waals surface area contributed by atoms with Gasteiger partial charge in [0.2, 0.25) is 0 Å². The van der Waals surface area contributed by atoms with Gasteiger partial charge >= 0.3 is 0 Å². The van der Waals surface area contributed by atoms with Crippen LogP contribution < -0.4 is 10.1 Å². The highest BCUT2D eigenvalue weighted by atomic mass is 35.5. The van der Waals surface area contributed by atoms with E-state index in [9.17, 15) is 4.79 Å². The number of hydrogen-bond donors (Lipinski definition) is 1. The van der Waals surface area contributed by atoms with Gasteiger partial charge in [0.25, 0.3) is 5.91 Å². The number of amides is 1. The van der Waals surface area contributed by atoms with E-state index in [0.29, 0.717) is 17.3 Å². The van der Waals surface area contributed by atoms with Crippen LogP contribution in [-0.2, 0) is 9.53 Å². The molecule has 0 saturated carbocycles. The summed E-state index contributed by atoms with van der Waals surface area (Å²) in [7, 11) is 0. The van der Waals surface area contributed by atoms with Crippen molar-refractivity contribution in [1.29, 1.82) is 0 Å². The molecule has 1 amide bonds. The molecule has 1 aromatic carbocycles. The van der Waals surface area contributed by atoms with Crippen LogP contribution in [0.15, 0.2) is 24.3 Å². The van der Waals surface area contributed by atoms with Crippen LogP contribution in [0.5, 0.6) is 5.75 Å². The van der Waals surface area contributed by atoms with Gasteiger partial charge in [0.1, 0.15) is 5.75 Å². The summed E-state index contributed by atoms with van der Waals surface area (Å²) in [5.41, 5.74) is 0. The number of carbonyl (C=O) groups excluding carboxylic acids is 1. The maximum Gasteiger partial charge on any atom is 0.260 e. The average Bonchev–Trinajstić information content (AvgIpc) is 2.89. The van der Waals surface area contributed by atoms with Crippen molar-refractivity contribution >= 4 is 17.5 Å². The highest BCUT2D eigenvalue weighted by Gasteiger charge is 2.19. The zero-order valence-electron chi connectivity index (χ0n) is 10.9. The van der Waals surface area contributed by atoms with Crippen molar-refractivity contribution in [3.63, 3.8) is 0 Å². The second kappa shape index (κ2) is 6.78. The Hall–Kier alpha value is -1.26. The van der Waals surface area contributed by atoms with Crippen molar-refractivity contribution in [3.8, 4) is 5.75 Å². The number of rotatable bonds is 5. The molecule has 4 nitrogen and oxygen atoms in total. The Labute approximate surface area is 118 Å². The number of carbonyl (C=O) groups is 1. The first kappa shape index (κ1) is 14.2. The smallest absolute Gasteiger partial charge is 0.260 e. The molecule has 1 aliphatic rings. The largest absolute Gasteiger partial charge is 0.481 e. The first-order valence-electron chi connectivity index (χ1n) is 6.46. The topological polar surface area (TPSA) is 47.6 Å².